The number of aromatic nitrogens is 5. The van der Waals surface area contributed by atoms with Gasteiger partial charge in [-0.05, 0) is 12.0 Å². The van der Waals surface area contributed by atoms with E-state index in [2.05, 4.69) is 15.5 Å². The molecule has 1 atom stereocenters. The Labute approximate surface area is 208 Å². The number of aryl methyl sites for hydroxylation is 1. The van der Waals surface area contributed by atoms with Crippen LogP contribution in [0.4, 0.5) is 10.6 Å². The normalized spacial score (nSPS) is 11.9. The minimum absolute atomic E-state index is 0.103. The highest BCUT2D eigenvalue weighted by atomic mass is 16.5. The van der Waals surface area contributed by atoms with Crippen LogP contribution in [0.15, 0.2) is 55.0 Å². The molecule has 4 rings (SSSR count). The predicted octanol–water partition coefficient (Wildman–Crippen LogP) is 2.94. The molecule has 0 saturated heterocycles. The number of benzene rings is 1. The number of amides is 2. The van der Waals surface area contributed by atoms with Crippen molar-refractivity contribution in [3.8, 4) is 11.1 Å². The molecule has 4 aromatic rings. The van der Waals surface area contributed by atoms with Gasteiger partial charge in [-0.2, -0.15) is 14.7 Å². The van der Waals surface area contributed by atoms with Crippen LogP contribution in [0.5, 0.6) is 0 Å². The van der Waals surface area contributed by atoms with Crippen molar-refractivity contribution in [1.82, 2.24) is 34.6 Å². The van der Waals surface area contributed by atoms with E-state index < -0.39 is 12.1 Å². The number of hydrogen-bond donors (Lipinski definition) is 2. The predicted molar refractivity (Wildman–Crippen MR) is 135 cm³/mol. The number of anilines is 1. The van der Waals surface area contributed by atoms with Crippen LogP contribution < -0.4 is 11.1 Å². The summed E-state index contributed by atoms with van der Waals surface area (Å²) in [5.74, 6) is 0.226. The van der Waals surface area contributed by atoms with Crippen molar-refractivity contribution in [2.24, 2.45) is 7.05 Å². The minimum Gasteiger partial charge on any atom is -0.445 e. The number of nitrogen functional groups attached to an aromatic ring is 1. The largest absolute Gasteiger partial charge is 0.445 e. The van der Waals surface area contributed by atoms with Crippen molar-refractivity contribution in [2.75, 3.05) is 18.8 Å². The van der Waals surface area contributed by atoms with Gasteiger partial charge in [0, 0.05) is 50.5 Å². The third kappa shape index (κ3) is 5.45. The molecule has 0 spiro atoms. The van der Waals surface area contributed by atoms with Crippen molar-refractivity contribution in [2.45, 2.75) is 32.9 Å². The summed E-state index contributed by atoms with van der Waals surface area (Å²) in [6, 6.07) is 10.5. The molecule has 0 aliphatic carbocycles. The number of alkyl carbamates (subject to hydrolysis) is 1. The van der Waals surface area contributed by atoms with E-state index in [9.17, 15) is 9.59 Å². The number of hydrogen-bond acceptors (Lipinski definition) is 7. The van der Waals surface area contributed by atoms with Crippen LogP contribution in [-0.4, -0.2) is 54.4 Å². The molecular formula is C25H30N8O3. The highest BCUT2D eigenvalue weighted by molar-refractivity contribution is 5.78. The summed E-state index contributed by atoms with van der Waals surface area (Å²) in [5.41, 5.74) is 9.89. The Kier molecular flexibility index (Phi) is 7.47. The summed E-state index contributed by atoms with van der Waals surface area (Å²) in [6.45, 7) is 4.22. The molecule has 0 saturated carbocycles. The topological polar surface area (TPSA) is 133 Å². The van der Waals surface area contributed by atoms with Crippen LogP contribution in [-0.2, 0) is 23.2 Å². The zero-order chi connectivity index (χ0) is 25.7. The van der Waals surface area contributed by atoms with Gasteiger partial charge < -0.3 is 20.7 Å². The molecule has 1 unspecified atom stereocenters. The van der Waals surface area contributed by atoms with Crippen molar-refractivity contribution in [3.63, 3.8) is 0 Å². The summed E-state index contributed by atoms with van der Waals surface area (Å²) >= 11 is 0. The van der Waals surface area contributed by atoms with Crippen molar-refractivity contribution >= 4 is 23.5 Å². The van der Waals surface area contributed by atoms with Gasteiger partial charge in [-0.15, -0.1) is 0 Å². The lowest BCUT2D eigenvalue weighted by Crippen LogP contribution is -2.41. The van der Waals surface area contributed by atoms with Gasteiger partial charge in [0.2, 0.25) is 5.91 Å². The second-order valence-electron chi connectivity index (χ2n) is 8.47. The monoisotopic (exact) mass is 490 g/mol. The van der Waals surface area contributed by atoms with E-state index in [1.165, 1.54) is 6.92 Å². The van der Waals surface area contributed by atoms with Gasteiger partial charge in [-0.1, -0.05) is 37.3 Å². The quantitative estimate of drug-likeness (QED) is 0.369. The molecule has 3 N–H and O–H groups in total. The molecule has 11 heteroatoms. The minimum atomic E-state index is -0.585. The number of nitrogens with two attached hydrogens (primary N) is 1. The van der Waals surface area contributed by atoms with E-state index >= 15 is 0 Å². The molecule has 188 valence electrons. The number of carbonyl (C=O) groups excluding carboxylic acids is 2. The number of carbonyl (C=O) groups is 2. The third-order valence-electron chi connectivity index (χ3n) is 5.77. The molecule has 0 aliphatic rings. The van der Waals surface area contributed by atoms with Gasteiger partial charge in [0.15, 0.2) is 5.65 Å². The summed E-state index contributed by atoms with van der Waals surface area (Å²) in [6.07, 6.45) is 5.42. The van der Waals surface area contributed by atoms with Crippen molar-refractivity contribution in [3.05, 3.63) is 66.2 Å². The number of fused-ring (bicyclic) bond motifs is 1. The lowest BCUT2D eigenvalue weighted by molar-refractivity contribution is -0.131. The molecule has 0 fully saturated rings. The maximum Gasteiger partial charge on any atom is 0.407 e. The molecule has 0 radical (unpaired) electrons. The Morgan fingerprint density at radius 2 is 1.97 bits per heavy atom. The molecule has 11 nitrogen and oxygen atoms in total. The second kappa shape index (κ2) is 10.9. The number of ether oxygens (including phenoxy) is 1. The fraction of sp³-hybridized carbons (Fsp3) is 0.320. The maximum atomic E-state index is 12.6. The van der Waals surface area contributed by atoms with E-state index in [0.29, 0.717) is 23.7 Å². The zero-order valence-electron chi connectivity index (χ0n) is 20.6. The highest BCUT2D eigenvalue weighted by Crippen LogP contribution is 2.28. The molecule has 36 heavy (non-hydrogen) atoms. The van der Waals surface area contributed by atoms with Crippen LogP contribution in [0.2, 0.25) is 0 Å². The lowest BCUT2D eigenvalue weighted by Gasteiger charge is -2.30. The number of nitrogens with zero attached hydrogens (tertiary/aromatic N) is 6. The third-order valence-corrected chi connectivity index (χ3v) is 5.77. The Morgan fingerprint density at radius 1 is 1.19 bits per heavy atom. The van der Waals surface area contributed by atoms with Crippen LogP contribution in [0.25, 0.3) is 16.8 Å². The maximum absolute atomic E-state index is 12.6. The van der Waals surface area contributed by atoms with E-state index in [1.807, 2.05) is 50.5 Å². The van der Waals surface area contributed by atoms with Gasteiger partial charge in [0.1, 0.15) is 12.4 Å². The van der Waals surface area contributed by atoms with Crippen molar-refractivity contribution in [1.29, 1.82) is 0 Å². The first-order chi connectivity index (χ1) is 17.4. The van der Waals surface area contributed by atoms with E-state index in [1.54, 1.807) is 32.6 Å². The highest BCUT2D eigenvalue weighted by Gasteiger charge is 2.26. The standard InChI is InChI=1S/C25H30N8O3/c1-4-10-32(17(2)34)22(14-27-25(35)36-16-18-8-6-5-7-9-18)21-11-23(26)33-24(30-21)20(13-29-33)19-12-28-31(3)15-19/h5-9,11-13,15,22H,4,10,14,16,26H2,1-3H3,(H,27,35). The summed E-state index contributed by atoms with van der Waals surface area (Å²) in [4.78, 5) is 31.6. The van der Waals surface area contributed by atoms with Gasteiger partial charge in [0.25, 0.3) is 0 Å². The molecule has 3 heterocycles. The molecular weight excluding hydrogens is 460 g/mol. The smallest absolute Gasteiger partial charge is 0.407 e. The number of rotatable bonds is 9. The Hall–Kier alpha value is -4.41. The Morgan fingerprint density at radius 3 is 2.64 bits per heavy atom. The molecule has 0 bridgehead atoms. The zero-order valence-corrected chi connectivity index (χ0v) is 20.6. The fourth-order valence-corrected chi connectivity index (χ4v) is 4.04. The van der Waals surface area contributed by atoms with Crippen molar-refractivity contribution < 1.29 is 14.3 Å². The lowest BCUT2D eigenvalue weighted by atomic mass is 10.1. The van der Waals surface area contributed by atoms with Crippen LogP contribution >= 0.6 is 0 Å². The van der Waals surface area contributed by atoms with Crippen LogP contribution in [0, 0.1) is 0 Å². The van der Waals surface area contributed by atoms with Crippen LogP contribution in [0.3, 0.4) is 0 Å². The SMILES string of the molecule is CCCN(C(C)=O)C(CNC(=O)OCc1ccccc1)c1cc(N)n2ncc(-c3cnn(C)c3)c2n1. The summed E-state index contributed by atoms with van der Waals surface area (Å²) in [5, 5.41) is 11.4. The van der Waals surface area contributed by atoms with E-state index in [0.717, 1.165) is 23.1 Å². The Balaban J connectivity index is 1.63. The molecule has 0 aliphatic heterocycles. The first-order valence-corrected chi connectivity index (χ1v) is 11.7. The molecule has 2 amide bonds. The van der Waals surface area contributed by atoms with E-state index in [-0.39, 0.29) is 19.1 Å². The average molecular weight is 491 g/mol. The number of nitrogens with one attached hydrogen (secondary N) is 1. The fourth-order valence-electron chi connectivity index (χ4n) is 4.04. The first-order valence-electron chi connectivity index (χ1n) is 11.7. The molecule has 1 aromatic carbocycles. The van der Waals surface area contributed by atoms with Gasteiger partial charge in [-0.3, -0.25) is 9.48 Å². The van der Waals surface area contributed by atoms with Crippen LogP contribution in [0.1, 0.15) is 37.6 Å². The second-order valence-corrected chi connectivity index (χ2v) is 8.47. The van der Waals surface area contributed by atoms with E-state index in [4.69, 9.17) is 15.5 Å². The summed E-state index contributed by atoms with van der Waals surface area (Å²) in [7, 11) is 1.83. The first kappa shape index (κ1) is 24.7. The van der Waals surface area contributed by atoms with Gasteiger partial charge in [0.05, 0.1) is 24.1 Å². The van der Waals surface area contributed by atoms with Gasteiger partial charge in [-0.25, -0.2) is 9.78 Å². The average Bonchev–Trinajstić information content (AvgIpc) is 3.49. The summed E-state index contributed by atoms with van der Waals surface area (Å²) < 4.78 is 8.59. The molecule has 3 aromatic heterocycles. The Bertz CT molecular complexity index is 1350. The van der Waals surface area contributed by atoms with Gasteiger partial charge >= 0.3 is 6.09 Å².